The van der Waals surface area contributed by atoms with Crippen LogP contribution in [0, 0.1) is 142 Å². The molecular weight excluding hydrogens is 503 g/mol. The zero-order chi connectivity index (χ0) is 28.0. The Morgan fingerprint density at radius 2 is 0.241 bits per heavy atom. The first-order chi connectivity index (χ1) is 14.0. The number of rotatable bonds is 0. The van der Waals surface area contributed by atoms with Gasteiger partial charge >= 0.3 is 85.4 Å². The Bertz CT molecular complexity index is 259. The third-order valence-corrected chi connectivity index (χ3v) is 0. The fourth-order valence-corrected chi connectivity index (χ4v) is 0. The molecule has 0 aromatic rings. The molecule has 29 heavy (non-hydrogen) atoms. The number of hydrogen-bond donors (Lipinski definition) is 0. The first-order valence-corrected chi connectivity index (χ1v) is 8.51. The van der Waals surface area contributed by atoms with Crippen LogP contribution >= 0.6 is 0 Å². The molecule has 12 nitrogen and oxygen atoms in total. The van der Waals surface area contributed by atoms with E-state index in [0.29, 0.717) is 0 Å². The molecule has 17 heteroatoms. The summed E-state index contributed by atoms with van der Waals surface area (Å²) in [6.45, 7) is 57.0. The van der Waals surface area contributed by atoms with Crippen LogP contribution in [-0.2, 0) is 24.3 Å². The number of hydrogen-bond acceptors (Lipinski definition) is 12. The SMILES string of the molecule is [C-]#N.[C-]#N.[C-]#N.[C-]#N.[C-]#N.[C-]#N.[C-]#N.[C-]#N.[C-]#N.[C-]#N.[C-]#N.[C-]#N.[Mg+2].[Mg]=[Co].[Mg]=[Co]. The molecule has 0 aromatic carbocycles. The van der Waals surface area contributed by atoms with E-state index >= 15 is 0 Å². The van der Waals surface area contributed by atoms with Gasteiger partial charge in [-0.15, -0.1) is 0 Å². The molecule has 0 aliphatic heterocycles. The molecule has 0 atom stereocenters. The van der Waals surface area contributed by atoms with Crippen LogP contribution in [0.5, 0.6) is 0 Å². The molecule has 0 heterocycles. The summed E-state index contributed by atoms with van der Waals surface area (Å²) in [6.07, 6.45) is 0. The Hall–Kier alpha value is -2.81. The Morgan fingerprint density at radius 3 is 0.241 bits per heavy atom. The zero-order valence-electron chi connectivity index (χ0n) is 14.2. The van der Waals surface area contributed by atoms with Crippen LogP contribution in [0.4, 0.5) is 0 Å². The first-order valence-electron chi connectivity index (χ1n) is 3.15. The predicted molar refractivity (Wildman–Crippen MR) is 76.9 cm³/mol. The summed E-state index contributed by atoms with van der Waals surface area (Å²) >= 11 is 10.3. The Labute approximate surface area is 225 Å². The zero-order valence-corrected chi connectivity index (χ0v) is 20.5. The van der Waals surface area contributed by atoms with Gasteiger partial charge < -0.3 is 142 Å². The molecule has 0 aliphatic carbocycles. The average molecular weight is 503 g/mol. The Kier molecular flexibility index (Phi) is 8550. The van der Waals surface area contributed by atoms with Gasteiger partial charge in [-0.25, -0.2) is 0 Å². The summed E-state index contributed by atoms with van der Waals surface area (Å²) in [5, 5.41) is 75.0. The molecule has 0 rings (SSSR count). The molecule has 0 aromatic heterocycles. The van der Waals surface area contributed by atoms with E-state index in [2.05, 4.69) is 24.3 Å². The van der Waals surface area contributed by atoms with Crippen LogP contribution in [0.3, 0.4) is 0 Å². The second-order valence-electron chi connectivity index (χ2n) is 0. The van der Waals surface area contributed by atoms with E-state index in [1.54, 1.807) is 38.0 Å². The van der Waals surface area contributed by atoms with Gasteiger partial charge in [0.25, 0.3) is 0 Å². The second kappa shape index (κ2) is 1870. The van der Waals surface area contributed by atoms with Crippen molar-refractivity contribution in [3.8, 4) is 0 Å². The van der Waals surface area contributed by atoms with Crippen molar-refractivity contribution in [2.45, 2.75) is 0 Å². The monoisotopic (exact) mass is 502 g/mol. The minimum atomic E-state index is 0. The van der Waals surface area contributed by atoms with E-state index in [4.69, 9.17) is 142 Å². The molecule has 0 spiro atoms. The number of nitrogens with zero attached hydrogens (tertiary/aromatic N) is 12. The molecular formula is C12Co2Mg3N12-10. The topological polar surface area (TPSA) is 285 Å². The summed E-state index contributed by atoms with van der Waals surface area (Å²) in [4.78, 5) is 0. The van der Waals surface area contributed by atoms with Crippen molar-refractivity contribution in [2.75, 3.05) is 0 Å². The molecule has 0 N–H and O–H groups in total. The van der Waals surface area contributed by atoms with Crippen LogP contribution in [0.25, 0.3) is 0 Å². The van der Waals surface area contributed by atoms with Crippen LogP contribution in [0.2, 0.25) is 0 Å². The maximum atomic E-state index is 6.25. The van der Waals surface area contributed by atoms with Crippen LogP contribution < -0.4 is 0 Å². The summed E-state index contributed by atoms with van der Waals surface area (Å²) in [7, 11) is 0. The summed E-state index contributed by atoms with van der Waals surface area (Å²) in [5.41, 5.74) is 0. The Balaban J connectivity index is -0.00000000558. The molecule has 0 bridgehead atoms. The van der Waals surface area contributed by atoms with E-state index in [1.165, 1.54) is 0 Å². The fourth-order valence-electron chi connectivity index (χ4n) is 0. The van der Waals surface area contributed by atoms with Gasteiger partial charge in [0.15, 0.2) is 0 Å². The normalized spacial score (nSPS) is 1.31. The molecule has 0 unspecified atom stereocenters. The van der Waals surface area contributed by atoms with Crippen molar-refractivity contribution in [3.05, 3.63) is 78.9 Å². The van der Waals surface area contributed by atoms with Crippen molar-refractivity contribution in [1.29, 1.82) is 63.1 Å². The maximum absolute atomic E-state index is 6.25. The molecule has 0 amide bonds. The van der Waals surface area contributed by atoms with Gasteiger partial charge in [0.05, 0.1) is 0 Å². The van der Waals surface area contributed by atoms with E-state index in [1.807, 2.05) is 0 Å². The first kappa shape index (κ1) is 133. The van der Waals surface area contributed by atoms with Crippen molar-refractivity contribution in [1.82, 2.24) is 0 Å². The fraction of sp³-hybridized carbons (Fsp3) is 0. The van der Waals surface area contributed by atoms with Gasteiger partial charge in [-0.3, -0.25) is 0 Å². The molecule has 0 aliphatic rings. The average Bonchev–Trinajstić information content (AvgIpc) is 2.95. The van der Waals surface area contributed by atoms with Crippen molar-refractivity contribution < 1.29 is 24.3 Å². The minimum absolute atomic E-state index is 0. The quantitative estimate of drug-likeness (QED) is 0.312. The van der Waals surface area contributed by atoms with Gasteiger partial charge in [-0.1, -0.05) is 0 Å². The summed E-state index contributed by atoms with van der Waals surface area (Å²) < 4.78 is 0. The molecule has 0 saturated carbocycles. The van der Waals surface area contributed by atoms with Gasteiger partial charge in [0, 0.05) is 0 Å². The Morgan fingerprint density at radius 1 is 0.241 bits per heavy atom. The van der Waals surface area contributed by atoms with Crippen LogP contribution in [-0.4, -0.2) is 61.1 Å². The van der Waals surface area contributed by atoms with Crippen molar-refractivity contribution >= 4 is 61.1 Å². The van der Waals surface area contributed by atoms with Gasteiger partial charge in [-0.05, 0) is 0 Å². The standard InChI is InChI=1S/12CN.2Co.3Mg/c12*1-2;;;;;/q12*-1;;;;;+2. The predicted octanol–water partition coefficient (Wildman–Crippen LogP) is 0.00904. The van der Waals surface area contributed by atoms with E-state index < -0.39 is 0 Å². The van der Waals surface area contributed by atoms with Crippen molar-refractivity contribution in [2.24, 2.45) is 0 Å². The molecule has 0 radical (unpaired) electrons. The second-order valence-corrected chi connectivity index (χ2v) is 0. The molecule has 0 fully saturated rings. The van der Waals surface area contributed by atoms with E-state index in [0.717, 1.165) is 0 Å². The van der Waals surface area contributed by atoms with Crippen LogP contribution in [0.15, 0.2) is 0 Å². The van der Waals surface area contributed by atoms with Gasteiger partial charge in [-0.2, -0.15) is 0 Å². The van der Waals surface area contributed by atoms with Gasteiger partial charge in [0.1, 0.15) is 0 Å². The summed E-state index contributed by atoms with van der Waals surface area (Å²) in [5.74, 6) is 0. The summed E-state index contributed by atoms with van der Waals surface area (Å²) in [6, 6.07) is 0. The van der Waals surface area contributed by atoms with E-state index in [-0.39, 0.29) is 23.1 Å². The van der Waals surface area contributed by atoms with Crippen molar-refractivity contribution in [3.63, 3.8) is 0 Å². The molecule has 142 valence electrons. The van der Waals surface area contributed by atoms with Gasteiger partial charge in [0.2, 0.25) is 0 Å². The van der Waals surface area contributed by atoms with E-state index in [9.17, 15) is 0 Å². The third-order valence-electron chi connectivity index (χ3n) is 0. The third kappa shape index (κ3) is 1720. The molecule has 0 saturated heterocycles. The van der Waals surface area contributed by atoms with Crippen LogP contribution in [0.1, 0.15) is 0 Å².